The molecule has 2 nitrogen and oxygen atoms in total. The van der Waals surface area contributed by atoms with Crippen LogP contribution in [0.5, 0.6) is 0 Å². The first-order valence-corrected chi connectivity index (χ1v) is 7.10. The summed E-state index contributed by atoms with van der Waals surface area (Å²) in [6.45, 7) is 2.35. The van der Waals surface area contributed by atoms with Gasteiger partial charge in [0.05, 0.1) is 6.61 Å². The zero-order chi connectivity index (χ0) is 15.0. The van der Waals surface area contributed by atoms with Crippen molar-refractivity contribution < 1.29 is 9.50 Å². The lowest BCUT2D eigenvalue weighted by Crippen LogP contribution is -2.00. The number of aliphatic hydroxyl groups excluding tert-OH is 1. The highest BCUT2D eigenvalue weighted by Gasteiger charge is 2.15. The Morgan fingerprint density at radius 2 is 2.00 bits per heavy atom. The Morgan fingerprint density at radius 3 is 2.71 bits per heavy atom. The highest BCUT2D eigenvalue weighted by Crippen LogP contribution is 2.31. The summed E-state index contributed by atoms with van der Waals surface area (Å²) in [5, 5.41) is 11.0. The quantitative estimate of drug-likeness (QED) is 0.767. The van der Waals surface area contributed by atoms with Gasteiger partial charge < -0.3 is 9.67 Å². The van der Waals surface area contributed by atoms with Gasteiger partial charge in [-0.15, -0.1) is 0 Å². The summed E-state index contributed by atoms with van der Waals surface area (Å²) < 4.78 is 15.2. The number of hydrogen-bond acceptors (Lipinski definition) is 1. The fourth-order valence-electron chi connectivity index (χ4n) is 2.63. The third-order valence-electron chi connectivity index (χ3n) is 3.64. The van der Waals surface area contributed by atoms with E-state index in [-0.39, 0.29) is 12.4 Å². The van der Waals surface area contributed by atoms with E-state index < -0.39 is 0 Å². The molecule has 1 heterocycles. The maximum absolute atomic E-state index is 13.3. The van der Waals surface area contributed by atoms with E-state index in [9.17, 15) is 9.50 Å². The van der Waals surface area contributed by atoms with E-state index in [1.165, 1.54) is 12.1 Å². The van der Waals surface area contributed by atoms with Gasteiger partial charge in [-0.05, 0) is 36.8 Å². The second-order valence-electron chi connectivity index (χ2n) is 5.16. The Labute approximate surface area is 127 Å². The Kier molecular flexibility index (Phi) is 3.70. The maximum atomic E-state index is 13.3. The average Bonchev–Trinajstić information content (AvgIpc) is 2.70. The van der Waals surface area contributed by atoms with E-state index >= 15 is 0 Å². The summed E-state index contributed by atoms with van der Waals surface area (Å²) >= 11 is 6.40. The molecular weight excluding hydrogens is 289 g/mol. The molecule has 1 N–H and O–H groups in total. The minimum atomic E-state index is -0.265. The van der Waals surface area contributed by atoms with Crippen LogP contribution in [0.15, 0.2) is 42.5 Å². The van der Waals surface area contributed by atoms with Gasteiger partial charge in [-0.25, -0.2) is 4.39 Å². The number of benzene rings is 2. The second kappa shape index (κ2) is 5.51. The van der Waals surface area contributed by atoms with Gasteiger partial charge in [-0.3, -0.25) is 0 Å². The smallest absolute Gasteiger partial charge is 0.123 e. The molecule has 0 aliphatic carbocycles. The molecule has 3 rings (SSSR count). The molecule has 0 aliphatic heterocycles. The summed E-state index contributed by atoms with van der Waals surface area (Å²) in [6.07, 6.45) is 0. The molecule has 0 fully saturated rings. The molecule has 0 bridgehead atoms. The number of nitrogens with zero attached hydrogens (tertiary/aromatic N) is 1. The number of aliphatic hydroxyl groups is 1. The van der Waals surface area contributed by atoms with Gasteiger partial charge in [-0.1, -0.05) is 35.4 Å². The fraction of sp³-hybridized carbons (Fsp3) is 0.176. The molecule has 0 aliphatic rings. The van der Waals surface area contributed by atoms with Crippen LogP contribution in [0.3, 0.4) is 0 Å². The van der Waals surface area contributed by atoms with Crippen molar-refractivity contribution in [3.63, 3.8) is 0 Å². The van der Waals surface area contributed by atoms with Crippen molar-refractivity contribution in [2.24, 2.45) is 0 Å². The third kappa shape index (κ3) is 2.55. The number of hydrogen-bond donors (Lipinski definition) is 1. The largest absolute Gasteiger partial charge is 0.392 e. The summed E-state index contributed by atoms with van der Waals surface area (Å²) in [6, 6.07) is 12.4. The van der Waals surface area contributed by atoms with Crippen molar-refractivity contribution in [1.82, 2.24) is 4.57 Å². The molecule has 0 saturated carbocycles. The normalized spacial score (nSPS) is 11.2. The van der Waals surface area contributed by atoms with Gasteiger partial charge in [0.25, 0.3) is 0 Å². The molecule has 4 heteroatoms. The van der Waals surface area contributed by atoms with Crippen molar-refractivity contribution in [1.29, 1.82) is 0 Å². The monoisotopic (exact) mass is 303 g/mol. The summed E-state index contributed by atoms with van der Waals surface area (Å²) in [7, 11) is 0. The minimum absolute atomic E-state index is 0.116. The zero-order valence-electron chi connectivity index (χ0n) is 11.6. The van der Waals surface area contributed by atoms with Crippen LogP contribution in [0.1, 0.15) is 16.7 Å². The van der Waals surface area contributed by atoms with Gasteiger partial charge in [0.1, 0.15) is 11.0 Å². The van der Waals surface area contributed by atoms with Gasteiger partial charge in [0.2, 0.25) is 0 Å². The zero-order valence-corrected chi connectivity index (χ0v) is 12.4. The van der Waals surface area contributed by atoms with Crippen LogP contribution in [0.2, 0.25) is 5.15 Å². The fourth-order valence-corrected chi connectivity index (χ4v) is 2.94. The standard InChI is InChI=1S/C17H15ClFNO/c1-11-5-6-16-14(7-11)15(10-21)17(18)20(16)9-12-3-2-4-13(19)8-12/h2-8,21H,9-10H2,1H3. The molecular formula is C17H15ClFNO. The van der Waals surface area contributed by atoms with E-state index in [1.807, 2.05) is 35.8 Å². The van der Waals surface area contributed by atoms with Crippen LogP contribution in [0.25, 0.3) is 10.9 Å². The molecule has 1 aromatic heterocycles. The number of halogens is 2. The number of rotatable bonds is 3. The first-order valence-electron chi connectivity index (χ1n) is 6.72. The third-order valence-corrected chi connectivity index (χ3v) is 4.07. The average molecular weight is 304 g/mol. The van der Waals surface area contributed by atoms with Gasteiger partial charge in [-0.2, -0.15) is 0 Å². The maximum Gasteiger partial charge on any atom is 0.123 e. The highest BCUT2D eigenvalue weighted by molar-refractivity contribution is 6.32. The lowest BCUT2D eigenvalue weighted by atomic mass is 10.1. The summed E-state index contributed by atoms with van der Waals surface area (Å²) in [4.78, 5) is 0. The van der Waals surface area contributed by atoms with E-state index in [0.29, 0.717) is 17.3 Å². The minimum Gasteiger partial charge on any atom is -0.392 e. The topological polar surface area (TPSA) is 25.2 Å². The van der Waals surface area contributed by atoms with Crippen molar-refractivity contribution in [3.8, 4) is 0 Å². The van der Waals surface area contributed by atoms with Crippen LogP contribution >= 0.6 is 11.6 Å². The molecule has 0 spiro atoms. The number of aromatic nitrogens is 1. The van der Waals surface area contributed by atoms with Crippen LogP contribution in [0, 0.1) is 12.7 Å². The van der Waals surface area contributed by atoms with Crippen LogP contribution < -0.4 is 0 Å². The predicted molar refractivity (Wildman–Crippen MR) is 83.1 cm³/mol. The van der Waals surface area contributed by atoms with Gasteiger partial charge in [0.15, 0.2) is 0 Å². The van der Waals surface area contributed by atoms with Crippen molar-refractivity contribution in [3.05, 3.63) is 70.1 Å². The van der Waals surface area contributed by atoms with Gasteiger partial charge in [0, 0.05) is 23.0 Å². The lowest BCUT2D eigenvalue weighted by molar-refractivity contribution is 0.283. The van der Waals surface area contributed by atoms with Crippen LogP contribution in [-0.2, 0) is 13.2 Å². The lowest BCUT2D eigenvalue weighted by Gasteiger charge is -2.08. The van der Waals surface area contributed by atoms with E-state index in [0.717, 1.165) is 22.0 Å². The summed E-state index contributed by atoms with van der Waals surface area (Å²) in [5.74, 6) is -0.265. The molecule has 0 amide bonds. The first-order chi connectivity index (χ1) is 10.1. The second-order valence-corrected chi connectivity index (χ2v) is 5.52. The number of aryl methyl sites for hydroxylation is 1. The molecule has 0 saturated heterocycles. The summed E-state index contributed by atoms with van der Waals surface area (Å²) in [5.41, 5.74) is 3.60. The SMILES string of the molecule is Cc1ccc2c(c1)c(CO)c(Cl)n2Cc1cccc(F)c1. The van der Waals surface area contributed by atoms with E-state index in [1.54, 1.807) is 6.07 Å². The Morgan fingerprint density at radius 1 is 1.19 bits per heavy atom. The predicted octanol–water partition coefficient (Wildman–Crippen LogP) is 4.28. The Balaban J connectivity index is 2.16. The van der Waals surface area contributed by atoms with Crippen molar-refractivity contribution in [2.75, 3.05) is 0 Å². The first kappa shape index (κ1) is 14.1. The molecule has 21 heavy (non-hydrogen) atoms. The van der Waals surface area contributed by atoms with Crippen molar-refractivity contribution >= 4 is 22.5 Å². The molecule has 0 unspecified atom stereocenters. The Bertz CT molecular complexity index is 810. The number of fused-ring (bicyclic) bond motifs is 1. The molecule has 0 atom stereocenters. The molecule has 108 valence electrons. The van der Waals surface area contributed by atoms with Crippen LogP contribution in [0.4, 0.5) is 4.39 Å². The molecule has 0 radical (unpaired) electrons. The van der Waals surface area contributed by atoms with Crippen molar-refractivity contribution in [2.45, 2.75) is 20.1 Å². The highest BCUT2D eigenvalue weighted by atomic mass is 35.5. The van der Waals surface area contributed by atoms with Gasteiger partial charge >= 0.3 is 0 Å². The van der Waals surface area contributed by atoms with Crippen LogP contribution in [-0.4, -0.2) is 9.67 Å². The molecule has 3 aromatic rings. The van der Waals surface area contributed by atoms with E-state index in [4.69, 9.17) is 11.6 Å². The van der Waals surface area contributed by atoms with E-state index in [2.05, 4.69) is 0 Å². The molecule has 2 aromatic carbocycles. The Hall–Kier alpha value is -1.84.